The van der Waals surface area contributed by atoms with Crippen LogP contribution in [0.5, 0.6) is 0 Å². The van der Waals surface area contributed by atoms with E-state index in [0.717, 1.165) is 43.9 Å². The third-order valence-electron chi connectivity index (χ3n) is 3.75. The van der Waals surface area contributed by atoms with Crippen LogP contribution in [0, 0.1) is 0 Å². The molecule has 0 bridgehead atoms. The molecule has 0 unspecified atom stereocenters. The Bertz CT molecular complexity index is 428. The second-order valence-corrected chi connectivity index (χ2v) is 6.06. The molecule has 2 heterocycles. The second-order valence-electron chi connectivity index (χ2n) is 6.06. The van der Waals surface area contributed by atoms with Crippen LogP contribution in [0.15, 0.2) is 12.4 Å². The van der Waals surface area contributed by atoms with Gasteiger partial charge in [-0.25, -0.2) is 9.97 Å². The van der Waals surface area contributed by atoms with E-state index in [1.807, 2.05) is 12.4 Å². The highest BCUT2D eigenvalue weighted by molar-refractivity contribution is 5.35. The van der Waals surface area contributed by atoms with E-state index in [0.29, 0.717) is 0 Å². The van der Waals surface area contributed by atoms with Crippen molar-refractivity contribution < 1.29 is 4.74 Å². The van der Waals surface area contributed by atoms with Gasteiger partial charge < -0.3 is 15.0 Å². The van der Waals surface area contributed by atoms with Crippen LogP contribution in [0.2, 0.25) is 0 Å². The van der Waals surface area contributed by atoms with Crippen LogP contribution in [-0.2, 0) is 11.3 Å². The van der Waals surface area contributed by atoms with E-state index >= 15 is 0 Å². The number of anilines is 1. The average molecular weight is 262 g/mol. The molecule has 0 aromatic carbocycles. The summed E-state index contributed by atoms with van der Waals surface area (Å²) in [6, 6.07) is 0.720. The zero-order valence-corrected chi connectivity index (χ0v) is 11.7. The summed E-state index contributed by atoms with van der Waals surface area (Å²) in [6.07, 6.45) is 6.48. The Labute approximate surface area is 114 Å². The van der Waals surface area contributed by atoms with E-state index in [4.69, 9.17) is 4.74 Å². The van der Waals surface area contributed by atoms with Gasteiger partial charge in [-0.15, -0.1) is 0 Å². The van der Waals surface area contributed by atoms with Gasteiger partial charge in [-0.1, -0.05) is 0 Å². The SMILES string of the molecule is CC1(C)COCCN1c1ncc(CNC2CC2)cn1. The second kappa shape index (κ2) is 5.06. The molecule has 1 N–H and O–H groups in total. The van der Waals surface area contributed by atoms with Gasteiger partial charge >= 0.3 is 0 Å². The topological polar surface area (TPSA) is 50.3 Å². The number of hydrogen-bond donors (Lipinski definition) is 1. The number of morpholine rings is 1. The first-order chi connectivity index (χ1) is 9.15. The Balaban J connectivity index is 1.66. The Morgan fingerprint density at radius 3 is 2.74 bits per heavy atom. The maximum absolute atomic E-state index is 5.52. The summed E-state index contributed by atoms with van der Waals surface area (Å²) in [7, 11) is 0. The van der Waals surface area contributed by atoms with Gasteiger partial charge in [-0.05, 0) is 26.7 Å². The van der Waals surface area contributed by atoms with Crippen LogP contribution in [0.4, 0.5) is 5.95 Å². The van der Waals surface area contributed by atoms with E-state index in [1.54, 1.807) is 0 Å². The fourth-order valence-corrected chi connectivity index (χ4v) is 2.36. The van der Waals surface area contributed by atoms with Gasteiger partial charge in [0.05, 0.1) is 18.8 Å². The van der Waals surface area contributed by atoms with E-state index < -0.39 is 0 Å². The van der Waals surface area contributed by atoms with Gasteiger partial charge in [0, 0.05) is 37.1 Å². The largest absolute Gasteiger partial charge is 0.377 e. The molecular formula is C14H22N4O. The number of ether oxygens (including phenoxy) is 1. The molecule has 1 saturated carbocycles. The van der Waals surface area contributed by atoms with E-state index in [9.17, 15) is 0 Å². The lowest BCUT2D eigenvalue weighted by molar-refractivity contribution is 0.0634. The monoisotopic (exact) mass is 262 g/mol. The Morgan fingerprint density at radius 2 is 2.11 bits per heavy atom. The summed E-state index contributed by atoms with van der Waals surface area (Å²) < 4.78 is 5.52. The predicted molar refractivity (Wildman–Crippen MR) is 74.1 cm³/mol. The summed E-state index contributed by atoms with van der Waals surface area (Å²) >= 11 is 0. The maximum Gasteiger partial charge on any atom is 0.225 e. The first kappa shape index (κ1) is 12.8. The van der Waals surface area contributed by atoms with Crippen LogP contribution >= 0.6 is 0 Å². The standard InChI is InChI=1S/C14H22N4O/c1-14(2)10-19-6-5-18(14)13-16-8-11(9-17-13)7-15-12-3-4-12/h8-9,12,15H,3-7,10H2,1-2H3. The zero-order valence-electron chi connectivity index (χ0n) is 11.7. The van der Waals surface area contributed by atoms with Gasteiger partial charge in [0.15, 0.2) is 0 Å². The van der Waals surface area contributed by atoms with Crippen molar-refractivity contribution in [3.05, 3.63) is 18.0 Å². The molecule has 5 heteroatoms. The summed E-state index contributed by atoms with van der Waals surface area (Å²) in [6.45, 7) is 7.53. The van der Waals surface area contributed by atoms with Crippen molar-refractivity contribution in [3.8, 4) is 0 Å². The highest BCUT2D eigenvalue weighted by Gasteiger charge is 2.32. The van der Waals surface area contributed by atoms with Gasteiger partial charge in [-0.2, -0.15) is 0 Å². The predicted octanol–water partition coefficient (Wildman–Crippen LogP) is 1.34. The minimum atomic E-state index is -0.0357. The van der Waals surface area contributed by atoms with Crippen LogP contribution in [0.3, 0.4) is 0 Å². The lowest BCUT2D eigenvalue weighted by atomic mass is 10.0. The molecule has 1 aliphatic carbocycles. The lowest BCUT2D eigenvalue weighted by Crippen LogP contribution is -2.53. The molecule has 2 fully saturated rings. The molecule has 0 amide bonds. The van der Waals surface area contributed by atoms with Crippen molar-refractivity contribution >= 4 is 5.95 Å². The minimum absolute atomic E-state index is 0.0357. The Hall–Kier alpha value is -1.20. The highest BCUT2D eigenvalue weighted by atomic mass is 16.5. The Kier molecular flexibility index (Phi) is 3.41. The van der Waals surface area contributed by atoms with Gasteiger partial charge in [0.25, 0.3) is 0 Å². The molecule has 1 aromatic rings. The summed E-state index contributed by atoms with van der Waals surface area (Å²) in [5.41, 5.74) is 1.12. The molecule has 1 saturated heterocycles. The van der Waals surface area contributed by atoms with Gasteiger partial charge in [0.2, 0.25) is 5.95 Å². The van der Waals surface area contributed by atoms with E-state index in [1.165, 1.54) is 12.8 Å². The molecule has 0 atom stereocenters. The first-order valence-electron chi connectivity index (χ1n) is 7.05. The summed E-state index contributed by atoms with van der Waals surface area (Å²) in [5, 5.41) is 3.47. The quantitative estimate of drug-likeness (QED) is 0.887. The normalized spacial score (nSPS) is 22.5. The van der Waals surface area contributed by atoms with Crippen LogP contribution < -0.4 is 10.2 Å². The highest BCUT2D eigenvalue weighted by Crippen LogP contribution is 2.23. The number of rotatable bonds is 4. The molecule has 19 heavy (non-hydrogen) atoms. The molecule has 5 nitrogen and oxygen atoms in total. The van der Waals surface area contributed by atoms with Crippen molar-refractivity contribution in [2.75, 3.05) is 24.7 Å². The zero-order chi connectivity index (χ0) is 13.3. The molecule has 0 radical (unpaired) electrons. The molecule has 1 aliphatic heterocycles. The number of nitrogens with zero attached hydrogens (tertiary/aromatic N) is 3. The third kappa shape index (κ3) is 3.04. The Morgan fingerprint density at radius 1 is 1.37 bits per heavy atom. The number of nitrogens with one attached hydrogen (secondary N) is 1. The van der Waals surface area contributed by atoms with E-state index in [2.05, 4.69) is 34.0 Å². The van der Waals surface area contributed by atoms with Crippen molar-refractivity contribution in [1.82, 2.24) is 15.3 Å². The van der Waals surface area contributed by atoms with Gasteiger partial charge in [-0.3, -0.25) is 0 Å². The molecule has 3 rings (SSSR count). The van der Waals surface area contributed by atoms with Gasteiger partial charge in [0.1, 0.15) is 0 Å². The van der Waals surface area contributed by atoms with E-state index in [-0.39, 0.29) is 5.54 Å². The summed E-state index contributed by atoms with van der Waals surface area (Å²) in [5.74, 6) is 0.809. The summed E-state index contributed by atoms with van der Waals surface area (Å²) in [4.78, 5) is 11.3. The molecule has 0 spiro atoms. The van der Waals surface area contributed by atoms with Crippen molar-refractivity contribution in [2.45, 2.75) is 44.8 Å². The molecule has 1 aromatic heterocycles. The van der Waals surface area contributed by atoms with Crippen LogP contribution in [0.25, 0.3) is 0 Å². The number of hydrogen-bond acceptors (Lipinski definition) is 5. The number of aromatic nitrogens is 2. The average Bonchev–Trinajstić information content (AvgIpc) is 3.21. The molecular weight excluding hydrogens is 240 g/mol. The minimum Gasteiger partial charge on any atom is -0.377 e. The van der Waals surface area contributed by atoms with Crippen LogP contribution in [0.1, 0.15) is 32.3 Å². The fourth-order valence-electron chi connectivity index (χ4n) is 2.36. The van der Waals surface area contributed by atoms with Crippen LogP contribution in [-0.4, -0.2) is 41.3 Å². The van der Waals surface area contributed by atoms with Crippen molar-refractivity contribution in [1.29, 1.82) is 0 Å². The van der Waals surface area contributed by atoms with Crippen molar-refractivity contribution in [2.24, 2.45) is 0 Å². The first-order valence-corrected chi connectivity index (χ1v) is 7.05. The van der Waals surface area contributed by atoms with Crippen molar-refractivity contribution in [3.63, 3.8) is 0 Å². The maximum atomic E-state index is 5.52. The lowest BCUT2D eigenvalue weighted by Gasteiger charge is -2.42. The fraction of sp³-hybridized carbons (Fsp3) is 0.714. The smallest absolute Gasteiger partial charge is 0.225 e. The molecule has 2 aliphatic rings. The molecule has 104 valence electrons. The third-order valence-corrected chi connectivity index (χ3v) is 3.75.